The van der Waals surface area contributed by atoms with Crippen LogP contribution in [0.1, 0.15) is 24.0 Å². The Morgan fingerprint density at radius 3 is 2.68 bits per heavy atom. The maximum absolute atomic E-state index is 12.8. The van der Waals surface area contributed by atoms with Crippen molar-refractivity contribution in [3.8, 4) is 11.5 Å². The smallest absolute Gasteiger partial charge is 0.322 e. The summed E-state index contributed by atoms with van der Waals surface area (Å²) >= 11 is 0. The van der Waals surface area contributed by atoms with Crippen LogP contribution in [-0.4, -0.2) is 40.0 Å². The SMILES string of the molecule is Cc1cc2c(cc1NC(=O)N(Cc1cnn(C)c1)C1CC1)OCCO2. The normalized spacial score (nSPS) is 15.8. The number of fused-ring (bicyclic) bond motifs is 1. The predicted molar refractivity (Wildman–Crippen MR) is 93.0 cm³/mol. The molecular formula is C18H22N4O3. The van der Waals surface area contributed by atoms with Crippen molar-refractivity contribution >= 4 is 11.7 Å². The maximum atomic E-state index is 12.8. The molecule has 2 aromatic rings. The number of amides is 2. The van der Waals surface area contributed by atoms with Crippen molar-refractivity contribution in [2.24, 2.45) is 7.05 Å². The average molecular weight is 342 g/mol. The van der Waals surface area contributed by atoms with Crippen molar-refractivity contribution in [1.82, 2.24) is 14.7 Å². The highest BCUT2D eigenvalue weighted by atomic mass is 16.6. The van der Waals surface area contributed by atoms with Crippen LogP contribution in [0.3, 0.4) is 0 Å². The summed E-state index contributed by atoms with van der Waals surface area (Å²) in [7, 11) is 1.88. The van der Waals surface area contributed by atoms with E-state index in [1.54, 1.807) is 10.9 Å². The van der Waals surface area contributed by atoms with E-state index in [0.717, 1.165) is 35.4 Å². The van der Waals surface area contributed by atoms with E-state index in [1.807, 2.05) is 37.2 Å². The third-order valence-corrected chi connectivity index (χ3v) is 4.49. The minimum atomic E-state index is -0.0915. The lowest BCUT2D eigenvalue weighted by Crippen LogP contribution is -2.36. The van der Waals surface area contributed by atoms with Gasteiger partial charge < -0.3 is 19.7 Å². The first kappa shape index (κ1) is 15.8. The Hall–Kier alpha value is -2.70. The first-order chi connectivity index (χ1) is 12.1. The number of carbonyl (C=O) groups excluding carboxylic acids is 1. The number of hydrogen-bond acceptors (Lipinski definition) is 4. The fraction of sp³-hybridized carbons (Fsp3) is 0.444. The van der Waals surface area contributed by atoms with Gasteiger partial charge in [0.05, 0.1) is 12.7 Å². The van der Waals surface area contributed by atoms with Gasteiger partial charge in [0.25, 0.3) is 0 Å². The molecule has 7 heteroatoms. The zero-order chi connectivity index (χ0) is 17.4. The summed E-state index contributed by atoms with van der Waals surface area (Å²) in [4.78, 5) is 14.7. The van der Waals surface area contributed by atoms with E-state index < -0.39 is 0 Å². The molecule has 2 aliphatic rings. The Balaban J connectivity index is 1.51. The molecule has 1 aromatic carbocycles. The summed E-state index contributed by atoms with van der Waals surface area (Å²) in [6, 6.07) is 3.97. The Labute approximate surface area is 146 Å². The fourth-order valence-electron chi connectivity index (χ4n) is 3.02. The quantitative estimate of drug-likeness (QED) is 0.927. The van der Waals surface area contributed by atoms with Crippen LogP contribution in [0.2, 0.25) is 0 Å². The van der Waals surface area contributed by atoms with Gasteiger partial charge in [0, 0.05) is 36.6 Å². The Morgan fingerprint density at radius 2 is 2.04 bits per heavy atom. The molecule has 0 bridgehead atoms. The molecule has 2 heterocycles. The van der Waals surface area contributed by atoms with Crippen LogP contribution in [0.15, 0.2) is 24.5 Å². The van der Waals surface area contributed by atoms with Gasteiger partial charge in [-0.25, -0.2) is 4.79 Å². The molecule has 7 nitrogen and oxygen atoms in total. The fourth-order valence-corrected chi connectivity index (χ4v) is 3.02. The molecule has 1 saturated carbocycles. The lowest BCUT2D eigenvalue weighted by molar-refractivity contribution is 0.171. The molecule has 1 aromatic heterocycles. The van der Waals surface area contributed by atoms with Gasteiger partial charge in [-0.1, -0.05) is 0 Å². The van der Waals surface area contributed by atoms with Gasteiger partial charge in [-0.3, -0.25) is 4.68 Å². The van der Waals surface area contributed by atoms with Crippen LogP contribution in [0, 0.1) is 6.92 Å². The first-order valence-electron chi connectivity index (χ1n) is 8.55. The molecule has 0 spiro atoms. The molecule has 1 aliphatic heterocycles. The highest BCUT2D eigenvalue weighted by molar-refractivity contribution is 5.91. The largest absolute Gasteiger partial charge is 0.486 e. The molecule has 1 aliphatic carbocycles. The Kier molecular flexibility index (Phi) is 3.99. The van der Waals surface area contributed by atoms with Gasteiger partial charge in [-0.05, 0) is 31.4 Å². The number of ether oxygens (including phenoxy) is 2. The summed E-state index contributed by atoms with van der Waals surface area (Å²) in [6.07, 6.45) is 5.84. The predicted octanol–water partition coefficient (Wildman–Crippen LogP) is 2.70. The van der Waals surface area contributed by atoms with Crippen LogP contribution in [0.25, 0.3) is 0 Å². The number of hydrogen-bond donors (Lipinski definition) is 1. The molecule has 132 valence electrons. The van der Waals surface area contributed by atoms with E-state index in [1.165, 1.54) is 0 Å². The van der Waals surface area contributed by atoms with E-state index >= 15 is 0 Å². The Bertz CT molecular complexity index is 798. The van der Waals surface area contributed by atoms with E-state index in [2.05, 4.69) is 10.4 Å². The minimum Gasteiger partial charge on any atom is -0.486 e. The number of aryl methyl sites for hydroxylation is 2. The molecule has 25 heavy (non-hydrogen) atoms. The van der Waals surface area contributed by atoms with Gasteiger partial charge >= 0.3 is 6.03 Å². The standard InChI is InChI=1S/C18H22N4O3/c1-12-7-16-17(25-6-5-24-16)8-15(12)20-18(23)22(14-3-4-14)11-13-9-19-21(2)10-13/h7-10,14H,3-6,11H2,1-2H3,(H,20,23). The van der Waals surface area contributed by atoms with Crippen molar-refractivity contribution in [3.05, 3.63) is 35.7 Å². The second kappa shape index (κ2) is 6.31. The van der Waals surface area contributed by atoms with E-state index in [0.29, 0.717) is 31.5 Å². The van der Waals surface area contributed by atoms with Gasteiger partial charge in [-0.15, -0.1) is 0 Å². The van der Waals surface area contributed by atoms with Gasteiger partial charge in [0.15, 0.2) is 11.5 Å². The molecule has 1 N–H and O–H groups in total. The van der Waals surface area contributed by atoms with E-state index in [4.69, 9.17) is 9.47 Å². The number of anilines is 1. The number of nitrogens with zero attached hydrogens (tertiary/aromatic N) is 3. The number of carbonyl (C=O) groups is 1. The van der Waals surface area contributed by atoms with Crippen molar-refractivity contribution in [2.45, 2.75) is 32.4 Å². The number of urea groups is 1. The zero-order valence-corrected chi connectivity index (χ0v) is 14.5. The monoisotopic (exact) mass is 342 g/mol. The molecule has 0 saturated heterocycles. The van der Waals surface area contributed by atoms with Crippen molar-refractivity contribution in [3.63, 3.8) is 0 Å². The van der Waals surface area contributed by atoms with Gasteiger partial charge in [0.2, 0.25) is 0 Å². The van der Waals surface area contributed by atoms with E-state index in [9.17, 15) is 4.79 Å². The maximum Gasteiger partial charge on any atom is 0.322 e. The minimum absolute atomic E-state index is 0.0915. The van der Waals surface area contributed by atoms with Crippen LogP contribution >= 0.6 is 0 Å². The third-order valence-electron chi connectivity index (χ3n) is 4.49. The zero-order valence-electron chi connectivity index (χ0n) is 14.5. The van der Waals surface area contributed by atoms with Crippen molar-refractivity contribution < 1.29 is 14.3 Å². The van der Waals surface area contributed by atoms with Gasteiger partial charge in [-0.2, -0.15) is 5.10 Å². The van der Waals surface area contributed by atoms with Gasteiger partial charge in [0.1, 0.15) is 13.2 Å². The Morgan fingerprint density at radius 1 is 1.32 bits per heavy atom. The van der Waals surface area contributed by atoms with Crippen molar-refractivity contribution in [1.29, 1.82) is 0 Å². The lowest BCUT2D eigenvalue weighted by Gasteiger charge is -2.24. The second-order valence-corrected chi connectivity index (χ2v) is 6.62. The van der Waals surface area contributed by atoms with Crippen LogP contribution < -0.4 is 14.8 Å². The molecule has 0 unspecified atom stereocenters. The molecule has 4 rings (SSSR count). The summed E-state index contributed by atoms with van der Waals surface area (Å²) in [5.41, 5.74) is 2.74. The number of aromatic nitrogens is 2. The van der Waals surface area contributed by atoms with Crippen LogP contribution in [0.4, 0.5) is 10.5 Å². The second-order valence-electron chi connectivity index (χ2n) is 6.62. The van der Waals surface area contributed by atoms with Crippen molar-refractivity contribution in [2.75, 3.05) is 18.5 Å². The molecule has 0 radical (unpaired) electrons. The summed E-state index contributed by atoms with van der Waals surface area (Å²) in [6.45, 7) is 3.60. The number of rotatable bonds is 4. The summed E-state index contributed by atoms with van der Waals surface area (Å²) in [5.74, 6) is 1.41. The highest BCUT2D eigenvalue weighted by Gasteiger charge is 2.33. The summed E-state index contributed by atoms with van der Waals surface area (Å²) in [5, 5.41) is 7.22. The highest BCUT2D eigenvalue weighted by Crippen LogP contribution is 2.36. The average Bonchev–Trinajstić information content (AvgIpc) is 3.35. The summed E-state index contributed by atoms with van der Waals surface area (Å²) < 4.78 is 13.0. The molecule has 0 atom stereocenters. The number of nitrogens with one attached hydrogen (secondary N) is 1. The molecule has 1 fully saturated rings. The lowest BCUT2D eigenvalue weighted by atomic mass is 10.1. The topological polar surface area (TPSA) is 68.6 Å². The third kappa shape index (κ3) is 3.40. The van der Waals surface area contributed by atoms with E-state index in [-0.39, 0.29) is 6.03 Å². The first-order valence-corrected chi connectivity index (χ1v) is 8.55. The molecular weight excluding hydrogens is 320 g/mol. The van der Waals surface area contributed by atoms with Crippen LogP contribution in [-0.2, 0) is 13.6 Å². The number of benzene rings is 1. The van der Waals surface area contributed by atoms with Crippen LogP contribution in [0.5, 0.6) is 11.5 Å². The molecule has 2 amide bonds.